The Balaban J connectivity index is 1.97. The number of rotatable bonds is 5. The molecule has 2 aromatic rings. The van der Waals surface area contributed by atoms with E-state index in [0.29, 0.717) is 12.1 Å². The number of para-hydroxylation sites is 1. The summed E-state index contributed by atoms with van der Waals surface area (Å²) in [7, 11) is -3.65. The molecule has 0 radical (unpaired) electrons. The molecule has 1 aliphatic rings. The number of sulfonamides is 1. The van der Waals surface area contributed by atoms with E-state index in [-0.39, 0.29) is 23.8 Å². The smallest absolute Gasteiger partial charge is 0.303 e. The molecule has 0 aliphatic carbocycles. The molecule has 0 amide bonds. The minimum absolute atomic E-state index is 0.0252. The van der Waals surface area contributed by atoms with E-state index in [1.807, 2.05) is 19.1 Å². The zero-order valence-corrected chi connectivity index (χ0v) is 14.2. The molecule has 1 aliphatic heterocycles. The second-order valence-electron chi connectivity index (χ2n) is 6.04. The van der Waals surface area contributed by atoms with Gasteiger partial charge in [-0.05, 0) is 37.1 Å². The van der Waals surface area contributed by atoms with Crippen LogP contribution in [0.2, 0.25) is 0 Å². The standard InChI is InChI=1S/C18H19NO4S/c1-13-6-9-15(10-7-13)24(22,23)19-12-14(8-11-18(20)21)16-4-2-3-5-17(16)19/h2-7,9-10,14H,8,11-12H2,1H3,(H,20,21)/t14-/m0/s1. The number of carboxylic acid groups (broad SMARTS) is 1. The molecule has 0 unspecified atom stereocenters. The van der Waals surface area contributed by atoms with Crippen LogP contribution in [0.25, 0.3) is 0 Å². The van der Waals surface area contributed by atoms with E-state index >= 15 is 0 Å². The maximum Gasteiger partial charge on any atom is 0.303 e. The van der Waals surface area contributed by atoms with Crippen molar-refractivity contribution in [3.8, 4) is 0 Å². The van der Waals surface area contributed by atoms with Gasteiger partial charge in [-0.25, -0.2) is 8.42 Å². The van der Waals surface area contributed by atoms with Crippen molar-refractivity contribution in [3.63, 3.8) is 0 Å². The van der Waals surface area contributed by atoms with E-state index in [1.165, 1.54) is 4.31 Å². The average Bonchev–Trinajstić information content (AvgIpc) is 2.93. The normalized spacial score (nSPS) is 16.9. The summed E-state index contributed by atoms with van der Waals surface area (Å²) in [6.45, 7) is 2.19. The number of benzene rings is 2. The lowest BCUT2D eigenvalue weighted by atomic mass is 9.96. The first-order valence-corrected chi connectivity index (χ1v) is 9.24. The summed E-state index contributed by atoms with van der Waals surface area (Å²) in [4.78, 5) is 11.1. The molecule has 1 heterocycles. The summed E-state index contributed by atoms with van der Waals surface area (Å²) < 4.78 is 27.4. The molecule has 1 atom stereocenters. The molecular formula is C18H19NO4S. The number of aliphatic carboxylic acids is 1. The minimum Gasteiger partial charge on any atom is -0.481 e. The van der Waals surface area contributed by atoms with Gasteiger partial charge in [-0.15, -0.1) is 0 Å². The third-order valence-electron chi connectivity index (χ3n) is 4.35. The van der Waals surface area contributed by atoms with E-state index in [0.717, 1.165) is 11.1 Å². The summed E-state index contributed by atoms with van der Waals surface area (Å²) in [6.07, 6.45) is 0.448. The summed E-state index contributed by atoms with van der Waals surface area (Å²) in [5.41, 5.74) is 2.54. The molecule has 0 spiro atoms. The molecule has 0 saturated heterocycles. The molecule has 0 fully saturated rings. The van der Waals surface area contributed by atoms with Gasteiger partial charge in [0.15, 0.2) is 0 Å². The fourth-order valence-electron chi connectivity index (χ4n) is 3.07. The number of hydrogen-bond donors (Lipinski definition) is 1. The third kappa shape index (κ3) is 3.01. The molecule has 0 saturated carbocycles. The minimum atomic E-state index is -3.65. The van der Waals surface area contributed by atoms with E-state index in [2.05, 4.69) is 0 Å². The van der Waals surface area contributed by atoms with Crippen LogP contribution in [0, 0.1) is 6.92 Å². The molecule has 6 heteroatoms. The second kappa shape index (κ2) is 6.28. The number of carbonyl (C=O) groups is 1. The Labute approximate surface area is 141 Å². The Kier molecular flexibility index (Phi) is 4.32. The highest BCUT2D eigenvalue weighted by Crippen LogP contribution is 2.41. The van der Waals surface area contributed by atoms with Crippen molar-refractivity contribution >= 4 is 21.7 Å². The summed E-state index contributed by atoms with van der Waals surface area (Å²) in [5.74, 6) is -0.968. The molecule has 3 rings (SSSR count). The molecule has 1 N–H and O–H groups in total. The quantitative estimate of drug-likeness (QED) is 0.903. The highest BCUT2D eigenvalue weighted by atomic mass is 32.2. The van der Waals surface area contributed by atoms with Gasteiger partial charge in [0, 0.05) is 18.9 Å². The van der Waals surface area contributed by atoms with Gasteiger partial charge in [0.1, 0.15) is 0 Å². The second-order valence-corrected chi connectivity index (χ2v) is 7.90. The number of anilines is 1. The zero-order chi connectivity index (χ0) is 17.3. The van der Waals surface area contributed by atoms with Crippen LogP contribution in [0.1, 0.15) is 29.9 Å². The molecule has 0 bridgehead atoms. The van der Waals surface area contributed by atoms with Gasteiger partial charge in [0.25, 0.3) is 10.0 Å². The van der Waals surface area contributed by atoms with Crippen LogP contribution in [0.3, 0.4) is 0 Å². The number of nitrogens with zero attached hydrogens (tertiary/aromatic N) is 1. The average molecular weight is 345 g/mol. The summed E-state index contributed by atoms with van der Waals surface area (Å²) in [5, 5.41) is 8.92. The first-order chi connectivity index (χ1) is 11.4. The Bertz CT molecular complexity index is 859. The maximum atomic E-state index is 13.0. The van der Waals surface area contributed by atoms with Gasteiger partial charge in [-0.3, -0.25) is 9.10 Å². The van der Waals surface area contributed by atoms with Crippen molar-refractivity contribution in [1.82, 2.24) is 0 Å². The third-order valence-corrected chi connectivity index (χ3v) is 6.14. The van der Waals surface area contributed by atoms with Crippen molar-refractivity contribution < 1.29 is 18.3 Å². The predicted molar refractivity (Wildman–Crippen MR) is 91.8 cm³/mol. The first-order valence-electron chi connectivity index (χ1n) is 7.80. The Morgan fingerprint density at radius 3 is 2.50 bits per heavy atom. The van der Waals surface area contributed by atoms with Gasteiger partial charge in [0.2, 0.25) is 0 Å². The SMILES string of the molecule is Cc1ccc(S(=O)(=O)N2C[C@H](CCC(=O)O)c3ccccc32)cc1. The molecule has 2 aromatic carbocycles. The number of fused-ring (bicyclic) bond motifs is 1. The Hall–Kier alpha value is -2.34. The van der Waals surface area contributed by atoms with Crippen molar-refractivity contribution in [2.24, 2.45) is 0 Å². The molecule has 24 heavy (non-hydrogen) atoms. The van der Waals surface area contributed by atoms with Crippen LogP contribution in [0.4, 0.5) is 5.69 Å². The van der Waals surface area contributed by atoms with Crippen LogP contribution in [-0.2, 0) is 14.8 Å². The monoisotopic (exact) mass is 345 g/mol. The lowest BCUT2D eigenvalue weighted by molar-refractivity contribution is -0.137. The van der Waals surface area contributed by atoms with Gasteiger partial charge in [0.05, 0.1) is 10.6 Å². The highest BCUT2D eigenvalue weighted by Gasteiger charge is 2.36. The molecule has 5 nitrogen and oxygen atoms in total. The largest absolute Gasteiger partial charge is 0.481 e. The fourth-order valence-corrected chi connectivity index (χ4v) is 4.60. The lowest BCUT2D eigenvalue weighted by Crippen LogP contribution is -2.30. The van der Waals surface area contributed by atoms with E-state index in [4.69, 9.17) is 5.11 Å². The number of hydrogen-bond acceptors (Lipinski definition) is 3. The molecule has 0 aromatic heterocycles. The van der Waals surface area contributed by atoms with Gasteiger partial charge < -0.3 is 5.11 Å². The summed E-state index contributed by atoms with van der Waals surface area (Å²) in [6, 6.07) is 14.1. The van der Waals surface area contributed by atoms with Crippen LogP contribution in [0.5, 0.6) is 0 Å². The van der Waals surface area contributed by atoms with Crippen LogP contribution in [-0.4, -0.2) is 26.0 Å². The summed E-state index contributed by atoms with van der Waals surface area (Å²) >= 11 is 0. The Morgan fingerprint density at radius 1 is 1.17 bits per heavy atom. The maximum absolute atomic E-state index is 13.0. The number of aryl methyl sites for hydroxylation is 1. The van der Waals surface area contributed by atoms with Gasteiger partial charge >= 0.3 is 5.97 Å². The number of carboxylic acids is 1. The van der Waals surface area contributed by atoms with Crippen LogP contribution in [0.15, 0.2) is 53.4 Å². The van der Waals surface area contributed by atoms with E-state index < -0.39 is 16.0 Å². The predicted octanol–water partition coefficient (Wildman–Crippen LogP) is 3.15. The molecule has 126 valence electrons. The van der Waals surface area contributed by atoms with Crippen molar-refractivity contribution in [1.29, 1.82) is 0 Å². The van der Waals surface area contributed by atoms with Crippen LogP contribution < -0.4 is 4.31 Å². The van der Waals surface area contributed by atoms with E-state index in [9.17, 15) is 13.2 Å². The molecular weight excluding hydrogens is 326 g/mol. The van der Waals surface area contributed by atoms with Crippen LogP contribution >= 0.6 is 0 Å². The van der Waals surface area contributed by atoms with Crippen molar-refractivity contribution in [2.45, 2.75) is 30.6 Å². The highest BCUT2D eigenvalue weighted by molar-refractivity contribution is 7.92. The Morgan fingerprint density at radius 2 is 1.83 bits per heavy atom. The van der Waals surface area contributed by atoms with E-state index in [1.54, 1.807) is 36.4 Å². The lowest BCUT2D eigenvalue weighted by Gasteiger charge is -2.20. The fraction of sp³-hybridized carbons (Fsp3) is 0.278. The van der Waals surface area contributed by atoms with Crippen molar-refractivity contribution in [2.75, 3.05) is 10.8 Å². The first kappa shape index (κ1) is 16.5. The topological polar surface area (TPSA) is 74.7 Å². The van der Waals surface area contributed by atoms with Gasteiger partial charge in [-0.1, -0.05) is 35.9 Å². The van der Waals surface area contributed by atoms with Gasteiger partial charge in [-0.2, -0.15) is 0 Å². The van der Waals surface area contributed by atoms with Crippen molar-refractivity contribution in [3.05, 3.63) is 59.7 Å². The zero-order valence-electron chi connectivity index (χ0n) is 13.3.